The first-order valence-electron chi connectivity index (χ1n) is 10.9. The van der Waals surface area contributed by atoms with E-state index in [1.807, 2.05) is 11.1 Å². The second-order valence-corrected chi connectivity index (χ2v) is 8.95. The van der Waals surface area contributed by atoms with Crippen molar-refractivity contribution in [3.05, 3.63) is 22.9 Å². The highest BCUT2D eigenvalue weighted by atomic mass is 35.5. The molecule has 2 saturated carbocycles. The largest absolute Gasteiger partial charge is 0.378 e. The minimum Gasteiger partial charge on any atom is -0.378 e. The zero-order valence-electron chi connectivity index (χ0n) is 16.6. The van der Waals surface area contributed by atoms with Gasteiger partial charge in [-0.3, -0.25) is 4.79 Å². The third-order valence-electron chi connectivity index (χ3n) is 7.16. The van der Waals surface area contributed by atoms with Crippen LogP contribution >= 0.6 is 12.4 Å². The van der Waals surface area contributed by atoms with Gasteiger partial charge in [0, 0.05) is 25.3 Å². The van der Waals surface area contributed by atoms with E-state index in [0.29, 0.717) is 32.3 Å². The third kappa shape index (κ3) is 3.88. The predicted molar refractivity (Wildman–Crippen MR) is 112 cm³/mol. The number of ether oxygens (including phenoxy) is 1. The summed E-state index contributed by atoms with van der Waals surface area (Å²) in [4.78, 5) is 19.8. The number of nitrogens with one attached hydrogen (secondary N) is 1. The molecule has 5 nitrogen and oxygen atoms in total. The van der Waals surface area contributed by atoms with Crippen molar-refractivity contribution in [1.82, 2.24) is 9.88 Å². The van der Waals surface area contributed by atoms with Gasteiger partial charge in [0.1, 0.15) is 5.82 Å². The van der Waals surface area contributed by atoms with E-state index < -0.39 is 0 Å². The molecular formula is C22H32ClN3O2. The van der Waals surface area contributed by atoms with Crippen LogP contribution in [0.2, 0.25) is 0 Å². The van der Waals surface area contributed by atoms with Crippen molar-refractivity contribution in [1.29, 1.82) is 0 Å². The Morgan fingerprint density at radius 2 is 1.71 bits per heavy atom. The second kappa shape index (κ2) is 8.58. The summed E-state index contributed by atoms with van der Waals surface area (Å²) in [5.41, 5.74) is 3.41. The Balaban J connectivity index is 0.00000192. The lowest BCUT2D eigenvalue weighted by Crippen LogP contribution is -2.41. The number of anilines is 1. The van der Waals surface area contributed by atoms with Gasteiger partial charge in [0.05, 0.1) is 18.8 Å². The van der Waals surface area contributed by atoms with Crippen molar-refractivity contribution < 1.29 is 9.53 Å². The molecule has 6 heteroatoms. The summed E-state index contributed by atoms with van der Waals surface area (Å²) in [5.74, 6) is 3.04. The number of halogens is 1. The van der Waals surface area contributed by atoms with Crippen molar-refractivity contribution in [2.75, 3.05) is 31.6 Å². The van der Waals surface area contributed by atoms with Gasteiger partial charge < -0.3 is 15.0 Å². The fourth-order valence-electron chi connectivity index (χ4n) is 5.81. The summed E-state index contributed by atoms with van der Waals surface area (Å²) in [6.07, 6.45) is 13.1. The van der Waals surface area contributed by atoms with Crippen LogP contribution in [0.4, 0.5) is 5.82 Å². The number of rotatable bonds is 3. The van der Waals surface area contributed by atoms with Crippen LogP contribution in [-0.2, 0) is 17.6 Å². The number of aromatic nitrogens is 1. The Kier molecular flexibility index (Phi) is 6.12. The molecule has 1 N–H and O–H groups in total. The summed E-state index contributed by atoms with van der Waals surface area (Å²) >= 11 is 0. The van der Waals surface area contributed by atoms with Crippen molar-refractivity contribution in [3.8, 4) is 0 Å². The molecule has 5 rings (SSSR count). The van der Waals surface area contributed by atoms with Gasteiger partial charge in [-0.1, -0.05) is 12.8 Å². The van der Waals surface area contributed by atoms with E-state index in [-0.39, 0.29) is 18.3 Å². The van der Waals surface area contributed by atoms with Crippen LogP contribution in [-0.4, -0.2) is 48.1 Å². The van der Waals surface area contributed by atoms with Crippen LogP contribution in [0.25, 0.3) is 0 Å². The van der Waals surface area contributed by atoms with Gasteiger partial charge in [0.25, 0.3) is 5.91 Å². The number of pyridine rings is 1. The fraction of sp³-hybridized carbons (Fsp3) is 0.727. The summed E-state index contributed by atoms with van der Waals surface area (Å²) in [7, 11) is 0. The van der Waals surface area contributed by atoms with Crippen LogP contribution in [0.3, 0.4) is 0 Å². The van der Waals surface area contributed by atoms with Gasteiger partial charge in [-0.2, -0.15) is 0 Å². The second-order valence-electron chi connectivity index (χ2n) is 8.95. The summed E-state index contributed by atoms with van der Waals surface area (Å²) in [6.45, 7) is 2.67. The molecule has 1 amide bonds. The molecule has 0 aromatic carbocycles. The van der Waals surface area contributed by atoms with E-state index in [1.165, 1.54) is 56.1 Å². The molecule has 4 aliphatic rings. The molecule has 1 saturated heterocycles. The van der Waals surface area contributed by atoms with Gasteiger partial charge in [0.15, 0.2) is 0 Å². The fourth-order valence-corrected chi connectivity index (χ4v) is 5.81. The monoisotopic (exact) mass is 405 g/mol. The lowest BCUT2D eigenvalue weighted by atomic mass is 9.84. The van der Waals surface area contributed by atoms with Gasteiger partial charge in [-0.25, -0.2) is 4.98 Å². The van der Waals surface area contributed by atoms with Crippen LogP contribution < -0.4 is 5.32 Å². The highest BCUT2D eigenvalue weighted by molar-refractivity contribution is 5.96. The highest BCUT2D eigenvalue weighted by Crippen LogP contribution is 2.43. The predicted octanol–water partition coefficient (Wildman–Crippen LogP) is 3.85. The molecular weight excluding hydrogens is 374 g/mol. The van der Waals surface area contributed by atoms with E-state index in [2.05, 4.69) is 5.32 Å². The quantitative estimate of drug-likeness (QED) is 0.829. The van der Waals surface area contributed by atoms with Crippen molar-refractivity contribution >= 4 is 24.1 Å². The Labute approximate surface area is 174 Å². The zero-order chi connectivity index (χ0) is 18.2. The average Bonchev–Trinajstić information content (AvgIpc) is 3.06. The summed E-state index contributed by atoms with van der Waals surface area (Å²) in [6, 6.07) is 0.565. The maximum atomic E-state index is 13.1. The molecule has 1 aliphatic heterocycles. The van der Waals surface area contributed by atoms with E-state index in [9.17, 15) is 4.79 Å². The number of morpholine rings is 1. The lowest BCUT2D eigenvalue weighted by molar-refractivity contribution is 0.0301. The summed E-state index contributed by atoms with van der Waals surface area (Å²) < 4.78 is 5.40. The molecule has 0 spiro atoms. The molecule has 1 unspecified atom stereocenters. The van der Waals surface area contributed by atoms with E-state index in [1.54, 1.807) is 0 Å². The first kappa shape index (κ1) is 20.0. The molecule has 1 aromatic rings. The molecule has 0 radical (unpaired) electrons. The van der Waals surface area contributed by atoms with Crippen LogP contribution in [0.1, 0.15) is 66.4 Å². The SMILES string of the molecule is Cl.O=C(c1cnc(NC2C[C@H]3CC[C@@H](C2)C3)c2c1CCCC2)N1CCOCC1. The number of carbonyl (C=O) groups excluding carboxylic acids is 1. The van der Waals surface area contributed by atoms with E-state index in [4.69, 9.17) is 9.72 Å². The molecule has 3 atom stereocenters. The minimum absolute atomic E-state index is 0. The first-order chi connectivity index (χ1) is 13.3. The first-order valence-corrected chi connectivity index (χ1v) is 10.9. The van der Waals surface area contributed by atoms with Crippen LogP contribution in [0, 0.1) is 11.8 Å². The number of amides is 1. The standard InChI is InChI=1S/C22H31N3O2.ClH/c26-22(25-7-9-27-10-8-25)20-14-23-21(19-4-2-1-3-18(19)20)24-17-12-15-5-6-16(11-15)13-17;/h14-17H,1-13H2,(H,23,24);1H/t15-,16+,17?;. The summed E-state index contributed by atoms with van der Waals surface area (Å²) in [5, 5.41) is 3.80. The maximum Gasteiger partial charge on any atom is 0.255 e. The molecule has 2 bridgehead atoms. The molecule has 3 aliphatic carbocycles. The Morgan fingerprint density at radius 3 is 2.43 bits per heavy atom. The Hall–Kier alpha value is -1.33. The average molecular weight is 406 g/mol. The van der Waals surface area contributed by atoms with E-state index in [0.717, 1.165) is 36.1 Å². The molecule has 2 heterocycles. The minimum atomic E-state index is 0. The van der Waals surface area contributed by atoms with Gasteiger partial charge in [0.2, 0.25) is 0 Å². The van der Waals surface area contributed by atoms with Gasteiger partial charge >= 0.3 is 0 Å². The molecule has 28 heavy (non-hydrogen) atoms. The maximum absolute atomic E-state index is 13.1. The number of hydrogen-bond acceptors (Lipinski definition) is 4. The van der Waals surface area contributed by atoms with Gasteiger partial charge in [-0.05, 0) is 67.9 Å². The third-order valence-corrected chi connectivity index (χ3v) is 7.16. The van der Waals surface area contributed by atoms with Gasteiger partial charge in [-0.15, -0.1) is 12.4 Å². The molecule has 154 valence electrons. The Morgan fingerprint density at radius 1 is 1.04 bits per heavy atom. The van der Waals surface area contributed by atoms with Crippen molar-refractivity contribution in [2.45, 2.75) is 63.8 Å². The number of nitrogens with zero attached hydrogens (tertiary/aromatic N) is 2. The number of fused-ring (bicyclic) bond motifs is 3. The highest BCUT2D eigenvalue weighted by Gasteiger charge is 2.35. The van der Waals surface area contributed by atoms with Crippen molar-refractivity contribution in [3.63, 3.8) is 0 Å². The van der Waals surface area contributed by atoms with Crippen molar-refractivity contribution in [2.24, 2.45) is 11.8 Å². The smallest absolute Gasteiger partial charge is 0.255 e. The van der Waals surface area contributed by atoms with E-state index >= 15 is 0 Å². The number of carbonyl (C=O) groups is 1. The number of hydrogen-bond donors (Lipinski definition) is 1. The molecule has 3 fully saturated rings. The van der Waals surface area contributed by atoms with Crippen LogP contribution in [0.5, 0.6) is 0 Å². The zero-order valence-corrected chi connectivity index (χ0v) is 17.4. The normalized spacial score (nSPS) is 29.0. The van der Waals surface area contributed by atoms with Crippen LogP contribution in [0.15, 0.2) is 6.20 Å². The lowest BCUT2D eigenvalue weighted by Gasteiger charge is -2.32. The Bertz CT molecular complexity index is 708. The topological polar surface area (TPSA) is 54.5 Å². The molecule has 1 aromatic heterocycles.